The molecule has 0 aliphatic heterocycles. The molecule has 1 aromatic carbocycles. The number of carbonyl (C=O) groups excluding carboxylic acids is 1. The average molecular weight is 403 g/mol. The topological polar surface area (TPSA) is 76.9 Å². The molecule has 1 N–H and O–H groups in total. The zero-order valence-electron chi connectivity index (χ0n) is 13.2. The lowest BCUT2D eigenvalue weighted by Crippen LogP contribution is -2.27. The largest absolute Gasteiger partial charge is 0.300 e. The predicted octanol–water partition coefficient (Wildman–Crippen LogP) is 3.87. The summed E-state index contributed by atoms with van der Waals surface area (Å²) < 4.78 is 1.30. The number of hydrogen-bond donors (Lipinski definition) is 1. The molecule has 1 amide bonds. The fraction of sp³-hybridized carbons (Fsp3) is 0.0588. The normalized spacial score (nSPS) is 11.0. The summed E-state index contributed by atoms with van der Waals surface area (Å²) in [5, 5.41) is 7.94. The molecule has 6 nitrogen and oxygen atoms in total. The lowest BCUT2D eigenvalue weighted by molar-refractivity contribution is -0.116. The van der Waals surface area contributed by atoms with E-state index in [9.17, 15) is 9.59 Å². The number of benzene rings is 1. The number of thiophene rings is 1. The van der Waals surface area contributed by atoms with Crippen LogP contribution in [0.3, 0.4) is 0 Å². The van der Waals surface area contributed by atoms with E-state index in [0.29, 0.717) is 20.4 Å². The van der Waals surface area contributed by atoms with Crippen molar-refractivity contribution in [3.63, 3.8) is 0 Å². The van der Waals surface area contributed by atoms with Crippen molar-refractivity contribution in [2.45, 2.75) is 6.54 Å². The molecule has 9 heteroatoms. The van der Waals surface area contributed by atoms with Gasteiger partial charge in [-0.1, -0.05) is 23.7 Å². The molecule has 4 rings (SSSR count). The first-order valence-corrected chi connectivity index (χ1v) is 9.67. The molecule has 0 saturated heterocycles. The van der Waals surface area contributed by atoms with Gasteiger partial charge in [0.2, 0.25) is 5.91 Å². The maximum absolute atomic E-state index is 12.9. The summed E-state index contributed by atoms with van der Waals surface area (Å²) in [4.78, 5) is 34.0. The predicted molar refractivity (Wildman–Crippen MR) is 105 cm³/mol. The van der Waals surface area contributed by atoms with Gasteiger partial charge in [0.15, 0.2) is 5.13 Å². The molecule has 26 heavy (non-hydrogen) atoms. The highest BCUT2D eigenvalue weighted by Crippen LogP contribution is 2.31. The number of carbonyl (C=O) groups is 1. The van der Waals surface area contributed by atoms with Gasteiger partial charge in [-0.25, -0.2) is 9.97 Å². The highest BCUT2D eigenvalue weighted by Gasteiger charge is 2.15. The minimum atomic E-state index is -0.327. The van der Waals surface area contributed by atoms with E-state index in [4.69, 9.17) is 11.6 Å². The average Bonchev–Trinajstić information content (AvgIpc) is 3.28. The van der Waals surface area contributed by atoms with Gasteiger partial charge in [0.25, 0.3) is 5.56 Å². The molecule has 3 heterocycles. The Kier molecular flexibility index (Phi) is 4.54. The number of nitrogens with one attached hydrogen (secondary N) is 1. The monoisotopic (exact) mass is 402 g/mol. The standard InChI is InChI=1S/C17H11ClN4O2S2/c18-11-3-1-10(2-4-11)12-8-26-15-14(12)16(24)22(9-20-15)7-13(23)21-17-19-5-6-25-17/h1-6,8-9H,7H2,(H,19,21,23). The molecule has 0 unspecified atom stereocenters. The van der Waals surface area contributed by atoms with Crippen molar-refractivity contribution in [1.82, 2.24) is 14.5 Å². The maximum atomic E-state index is 12.9. The molecular weight excluding hydrogens is 392 g/mol. The van der Waals surface area contributed by atoms with E-state index in [-0.39, 0.29) is 18.0 Å². The third kappa shape index (κ3) is 3.26. The second-order valence-electron chi connectivity index (χ2n) is 5.40. The van der Waals surface area contributed by atoms with E-state index >= 15 is 0 Å². The maximum Gasteiger partial charge on any atom is 0.263 e. The van der Waals surface area contributed by atoms with Crippen LogP contribution in [0.1, 0.15) is 0 Å². The van der Waals surface area contributed by atoms with E-state index in [1.54, 1.807) is 23.7 Å². The van der Waals surface area contributed by atoms with Crippen LogP contribution in [0.25, 0.3) is 21.3 Å². The second-order valence-corrected chi connectivity index (χ2v) is 7.59. The van der Waals surface area contributed by atoms with Gasteiger partial charge in [-0.15, -0.1) is 22.7 Å². The first kappa shape index (κ1) is 16.9. The molecule has 4 aromatic rings. The Hall–Kier alpha value is -2.55. The quantitative estimate of drug-likeness (QED) is 0.562. The van der Waals surface area contributed by atoms with Crippen LogP contribution in [0, 0.1) is 0 Å². The van der Waals surface area contributed by atoms with Gasteiger partial charge in [0.05, 0.1) is 11.7 Å². The molecule has 0 radical (unpaired) electrons. The van der Waals surface area contributed by atoms with E-state index < -0.39 is 0 Å². The number of fused-ring (bicyclic) bond motifs is 1. The fourth-order valence-electron chi connectivity index (χ4n) is 2.52. The van der Waals surface area contributed by atoms with Crippen molar-refractivity contribution in [2.75, 3.05) is 5.32 Å². The first-order valence-electron chi connectivity index (χ1n) is 7.54. The number of amides is 1. The summed E-state index contributed by atoms with van der Waals surface area (Å²) >= 11 is 8.65. The van der Waals surface area contributed by atoms with Crippen LogP contribution in [-0.4, -0.2) is 20.4 Å². The SMILES string of the molecule is O=C(Cn1cnc2scc(-c3ccc(Cl)cc3)c2c1=O)Nc1nccs1. The van der Waals surface area contributed by atoms with Crippen molar-refractivity contribution >= 4 is 55.5 Å². The molecule has 0 spiro atoms. The molecule has 0 aliphatic carbocycles. The highest BCUT2D eigenvalue weighted by molar-refractivity contribution is 7.17. The lowest BCUT2D eigenvalue weighted by atomic mass is 10.1. The summed E-state index contributed by atoms with van der Waals surface area (Å²) in [5.41, 5.74) is 1.41. The number of aromatic nitrogens is 3. The molecule has 0 aliphatic rings. The van der Waals surface area contributed by atoms with Gasteiger partial charge in [-0.3, -0.25) is 14.2 Å². The van der Waals surface area contributed by atoms with E-state index in [2.05, 4.69) is 15.3 Å². The Morgan fingerprint density at radius 2 is 2.00 bits per heavy atom. The second kappa shape index (κ2) is 6.99. The van der Waals surface area contributed by atoms with Gasteiger partial charge in [0.1, 0.15) is 11.4 Å². The minimum Gasteiger partial charge on any atom is -0.300 e. The summed E-state index contributed by atoms with van der Waals surface area (Å²) in [6.07, 6.45) is 3.00. The van der Waals surface area contributed by atoms with Gasteiger partial charge in [-0.05, 0) is 17.7 Å². The summed E-state index contributed by atoms with van der Waals surface area (Å²) in [7, 11) is 0. The summed E-state index contributed by atoms with van der Waals surface area (Å²) in [6.45, 7) is -0.128. The van der Waals surface area contributed by atoms with Gasteiger partial charge in [-0.2, -0.15) is 0 Å². The smallest absolute Gasteiger partial charge is 0.263 e. The van der Waals surface area contributed by atoms with Gasteiger partial charge < -0.3 is 5.32 Å². The van der Waals surface area contributed by atoms with Gasteiger partial charge >= 0.3 is 0 Å². The molecule has 3 aromatic heterocycles. The highest BCUT2D eigenvalue weighted by atomic mass is 35.5. The van der Waals surface area contributed by atoms with Crippen LogP contribution < -0.4 is 10.9 Å². The lowest BCUT2D eigenvalue weighted by Gasteiger charge is -2.06. The number of hydrogen-bond acceptors (Lipinski definition) is 6. The third-order valence-corrected chi connectivity index (χ3v) is 5.54. The Labute approximate surface area is 160 Å². The van der Waals surface area contributed by atoms with Crippen molar-refractivity contribution in [2.24, 2.45) is 0 Å². The van der Waals surface area contributed by atoms with Gasteiger partial charge in [0, 0.05) is 27.5 Å². The Bertz CT molecular complexity index is 1130. The van der Waals surface area contributed by atoms with Crippen LogP contribution >= 0.6 is 34.3 Å². The summed E-state index contributed by atoms with van der Waals surface area (Å²) in [5.74, 6) is -0.327. The van der Waals surface area contributed by atoms with Crippen molar-refractivity contribution < 1.29 is 4.79 Å². The molecule has 0 bridgehead atoms. The Balaban J connectivity index is 1.70. The molecular formula is C17H11ClN4O2S2. The zero-order chi connectivity index (χ0) is 18.1. The number of anilines is 1. The van der Waals surface area contributed by atoms with Crippen LogP contribution in [0.15, 0.2) is 52.3 Å². The van der Waals surface area contributed by atoms with Crippen molar-refractivity contribution in [1.29, 1.82) is 0 Å². The minimum absolute atomic E-state index is 0.128. The molecule has 0 atom stereocenters. The first-order chi connectivity index (χ1) is 12.6. The van der Waals surface area contributed by atoms with E-state index in [1.807, 2.05) is 17.5 Å². The zero-order valence-corrected chi connectivity index (χ0v) is 15.6. The van der Waals surface area contributed by atoms with E-state index in [0.717, 1.165) is 11.1 Å². The van der Waals surface area contributed by atoms with Crippen molar-refractivity contribution in [3.8, 4) is 11.1 Å². The molecule has 0 saturated carbocycles. The summed E-state index contributed by atoms with van der Waals surface area (Å²) in [6, 6.07) is 7.26. The Morgan fingerprint density at radius 3 is 2.73 bits per heavy atom. The van der Waals surface area contributed by atoms with Crippen LogP contribution in [0.2, 0.25) is 5.02 Å². The number of thiazole rings is 1. The van der Waals surface area contributed by atoms with E-state index in [1.165, 1.54) is 33.6 Å². The molecule has 0 fully saturated rings. The number of rotatable bonds is 4. The number of halogens is 1. The molecule has 130 valence electrons. The fourth-order valence-corrected chi connectivity index (χ4v) is 4.10. The number of nitrogens with zero attached hydrogens (tertiary/aromatic N) is 3. The van der Waals surface area contributed by atoms with Crippen LogP contribution in [0.5, 0.6) is 0 Å². The third-order valence-electron chi connectivity index (χ3n) is 3.71. The Morgan fingerprint density at radius 1 is 1.19 bits per heavy atom. The van der Waals surface area contributed by atoms with Crippen LogP contribution in [0.4, 0.5) is 5.13 Å². The van der Waals surface area contributed by atoms with Crippen molar-refractivity contribution in [3.05, 3.63) is 62.9 Å². The van der Waals surface area contributed by atoms with Crippen LogP contribution in [-0.2, 0) is 11.3 Å².